The third-order valence-electron chi connectivity index (χ3n) is 5.56. The molecule has 12 nitrogen and oxygen atoms in total. The van der Waals surface area contributed by atoms with Gasteiger partial charge in [0.1, 0.15) is 13.2 Å². The minimum absolute atomic E-state index is 0.212. The summed E-state index contributed by atoms with van der Waals surface area (Å²) in [6.45, 7) is 15.7. The van der Waals surface area contributed by atoms with Crippen LogP contribution in [-0.4, -0.2) is 53.6 Å². The smallest absolute Gasteiger partial charge is 0.432 e. The van der Waals surface area contributed by atoms with Crippen LogP contribution in [0.15, 0.2) is 48.5 Å². The summed E-state index contributed by atoms with van der Waals surface area (Å²) >= 11 is 0. The summed E-state index contributed by atoms with van der Waals surface area (Å²) in [4.78, 5) is 65.0. The van der Waals surface area contributed by atoms with Crippen LogP contribution in [0.1, 0.15) is 34.6 Å². The van der Waals surface area contributed by atoms with Gasteiger partial charge in [-0.3, -0.25) is 9.78 Å². The van der Waals surface area contributed by atoms with E-state index in [9.17, 15) is 19.2 Å². The monoisotopic (exact) mass is 608 g/mol. The molecule has 2 aromatic rings. The molecular formula is C27H36O12Si2. The fourth-order valence-corrected chi connectivity index (χ4v) is 5.39. The first-order chi connectivity index (χ1) is 19.0. The van der Waals surface area contributed by atoms with Gasteiger partial charge in [-0.05, 0) is 24.3 Å². The minimum Gasteiger partial charge on any atom is -0.432 e. The van der Waals surface area contributed by atoms with Crippen molar-refractivity contribution in [2.75, 3.05) is 13.2 Å². The standard InChI is InChI=1S/C27H36O12Si2/c1-27(2,17-32-25(30)36-38-34-23(28)19-9-13-21(14-10-19)40(3,4)5)18-33-26(31)37-39-35-24(29)20-11-15-22(16-12-20)41(6,7)8/h9-16H,17-18H2,1-8H3. The van der Waals surface area contributed by atoms with Crippen molar-refractivity contribution in [1.82, 2.24) is 0 Å². The molecule has 0 aromatic heterocycles. The Hall–Kier alpha value is -3.73. The maximum Gasteiger partial charge on any atom is 0.543 e. The molecule has 41 heavy (non-hydrogen) atoms. The summed E-state index contributed by atoms with van der Waals surface area (Å²) in [6.07, 6.45) is -2.59. The average molecular weight is 609 g/mol. The van der Waals surface area contributed by atoms with Crippen LogP contribution in [0, 0.1) is 5.41 Å². The van der Waals surface area contributed by atoms with E-state index in [1.807, 2.05) is 24.3 Å². The fraction of sp³-hybridized carbons (Fsp3) is 0.407. The van der Waals surface area contributed by atoms with Gasteiger partial charge in [0.15, 0.2) is 0 Å². The molecule has 0 heterocycles. The summed E-state index contributed by atoms with van der Waals surface area (Å²) in [5, 5.41) is 10.7. The molecule has 0 saturated heterocycles. The predicted octanol–water partition coefficient (Wildman–Crippen LogP) is 4.82. The summed E-state index contributed by atoms with van der Waals surface area (Å²) in [6, 6.07) is 13.7. The molecule has 0 bridgehead atoms. The zero-order valence-electron chi connectivity index (χ0n) is 24.4. The molecule has 0 aliphatic rings. The normalized spacial score (nSPS) is 11.7. The second-order valence-electron chi connectivity index (χ2n) is 11.9. The topological polar surface area (TPSA) is 142 Å². The van der Waals surface area contributed by atoms with E-state index in [-0.39, 0.29) is 24.3 Å². The molecular weight excluding hydrogens is 572 g/mol. The molecule has 0 spiro atoms. The number of carbonyl (C=O) groups is 4. The van der Waals surface area contributed by atoms with Crippen LogP contribution in [0.5, 0.6) is 0 Å². The van der Waals surface area contributed by atoms with Gasteiger partial charge in [0.2, 0.25) is 0 Å². The lowest BCUT2D eigenvalue weighted by Gasteiger charge is -2.22. The molecule has 2 aromatic carbocycles. The molecule has 0 fully saturated rings. The van der Waals surface area contributed by atoms with E-state index >= 15 is 0 Å². The van der Waals surface area contributed by atoms with Crippen LogP contribution >= 0.6 is 0 Å². The van der Waals surface area contributed by atoms with E-state index < -0.39 is 45.8 Å². The van der Waals surface area contributed by atoms with E-state index in [4.69, 9.17) is 9.47 Å². The molecule has 0 N–H and O–H groups in total. The zero-order chi connectivity index (χ0) is 30.8. The molecule has 224 valence electrons. The molecule has 0 aliphatic carbocycles. The predicted molar refractivity (Wildman–Crippen MR) is 150 cm³/mol. The lowest BCUT2D eigenvalue weighted by atomic mass is 9.96. The van der Waals surface area contributed by atoms with Crippen LogP contribution in [0.4, 0.5) is 9.59 Å². The number of hydrogen-bond donors (Lipinski definition) is 0. The molecule has 0 aliphatic heterocycles. The van der Waals surface area contributed by atoms with Crippen LogP contribution in [0.3, 0.4) is 0 Å². The Kier molecular flexibility index (Phi) is 11.6. The molecule has 0 saturated carbocycles. The van der Waals surface area contributed by atoms with E-state index in [2.05, 4.69) is 68.9 Å². The third-order valence-corrected chi connectivity index (χ3v) is 9.69. The number of rotatable bonds is 12. The Labute approximate surface area is 240 Å². The van der Waals surface area contributed by atoms with Crippen molar-refractivity contribution in [1.29, 1.82) is 0 Å². The van der Waals surface area contributed by atoms with Gasteiger partial charge < -0.3 is 9.47 Å². The highest BCUT2D eigenvalue weighted by atomic mass is 28.3. The minimum atomic E-state index is -1.52. The van der Waals surface area contributed by atoms with Gasteiger partial charge in [-0.15, -0.1) is 0 Å². The number of hydrogen-bond acceptors (Lipinski definition) is 12. The van der Waals surface area contributed by atoms with E-state index in [0.717, 1.165) is 10.4 Å². The van der Waals surface area contributed by atoms with Gasteiger partial charge in [-0.2, -0.15) is 0 Å². The Balaban J connectivity index is 1.64. The maximum atomic E-state index is 12.0. The highest BCUT2D eigenvalue weighted by molar-refractivity contribution is 6.89. The molecule has 2 rings (SSSR count). The van der Waals surface area contributed by atoms with E-state index in [1.165, 1.54) is 0 Å². The summed E-state index contributed by atoms with van der Waals surface area (Å²) in [5.41, 5.74) is -0.477. The largest absolute Gasteiger partial charge is 0.543 e. The first-order valence-corrected chi connectivity index (χ1v) is 19.6. The maximum absolute atomic E-state index is 12.0. The quantitative estimate of drug-likeness (QED) is 0.141. The highest BCUT2D eigenvalue weighted by Gasteiger charge is 2.25. The number of ether oxygens (including phenoxy) is 2. The third kappa shape index (κ3) is 11.7. The van der Waals surface area contributed by atoms with Crippen molar-refractivity contribution in [3.8, 4) is 0 Å². The Morgan fingerprint density at radius 2 is 0.878 bits per heavy atom. The van der Waals surface area contributed by atoms with Crippen molar-refractivity contribution in [3.63, 3.8) is 0 Å². The van der Waals surface area contributed by atoms with Crippen molar-refractivity contribution in [2.45, 2.75) is 53.1 Å². The second-order valence-corrected chi connectivity index (χ2v) is 22.1. The summed E-state index contributed by atoms with van der Waals surface area (Å²) < 4.78 is 9.74. The van der Waals surface area contributed by atoms with Gasteiger partial charge in [-0.1, -0.05) is 87.8 Å². The zero-order valence-corrected chi connectivity index (χ0v) is 26.4. The average Bonchev–Trinajstić information content (AvgIpc) is 2.90. The Morgan fingerprint density at radius 3 is 1.17 bits per heavy atom. The van der Waals surface area contributed by atoms with Crippen LogP contribution in [-0.2, 0) is 39.1 Å². The van der Waals surface area contributed by atoms with Crippen LogP contribution in [0.2, 0.25) is 39.3 Å². The summed E-state index contributed by atoms with van der Waals surface area (Å²) in [7, 11) is -3.05. The molecule has 14 heteroatoms. The molecule has 0 unspecified atom stereocenters. The SMILES string of the molecule is CC(C)(COC(=O)OOOC(=O)c1ccc([Si](C)(C)C)cc1)COC(=O)OOOC(=O)c1ccc([Si](C)(C)C)cc1. The van der Waals surface area contributed by atoms with Gasteiger partial charge in [0, 0.05) is 5.41 Å². The van der Waals surface area contributed by atoms with Gasteiger partial charge >= 0.3 is 24.2 Å². The first kappa shape index (κ1) is 33.5. The van der Waals surface area contributed by atoms with Crippen LogP contribution < -0.4 is 10.4 Å². The van der Waals surface area contributed by atoms with Crippen molar-refractivity contribution < 1.29 is 58.3 Å². The highest BCUT2D eigenvalue weighted by Crippen LogP contribution is 2.17. The first-order valence-electron chi connectivity index (χ1n) is 12.6. The number of carbonyl (C=O) groups excluding carboxylic acids is 4. The van der Waals surface area contributed by atoms with Crippen LogP contribution in [0.25, 0.3) is 0 Å². The van der Waals surface area contributed by atoms with E-state index in [0.29, 0.717) is 0 Å². The lowest BCUT2D eigenvalue weighted by molar-refractivity contribution is -0.453. The molecule has 0 amide bonds. The van der Waals surface area contributed by atoms with Crippen molar-refractivity contribution in [2.24, 2.45) is 5.41 Å². The Bertz CT molecular complexity index is 1100. The van der Waals surface area contributed by atoms with Gasteiger partial charge in [0.05, 0.1) is 37.4 Å². The van der Waals surface area contributed by atoms with Gasteiger partial charge in [0.25, 0.3) is 0 Å². The van der Waals surface area contributed by atoms with Crippen molar-refractivity contribution in [3.05, 3.63) is 59.7 Å². The molecule has 0 radical (unpaired) electrons. The summed E-state index contributed by atoms with van der Waals surface area (Å²) in [5.74, 6) is -1.72. The lowest BCUT2D eigenvalue weighted by Crippen LogP contribution is -2.37. The Morgan fingerprint density at radius 1 is 0.561 bits per heavy atom. The van der Waals surface area contributed by atoms with E-state index in [1.54, 1.807) is 38.1 Å². The van der Waals surface area contributed by atoms with Gasteiger partial charge in [-0.25, -0.2) is 29.0 Å². The fourth-order valence-electron chi connectivity index (χ4n) is 3.06. The number of benzene rings is 2. The van der Waals surface area contributed by atoms with Crippen molar-refractivity contribution >= 4 is 50.8 Å². The second kappa shape index (κ2) is 14.3. The molecule has 0 atom stereocenters.